The van der Waals surface area contributed by atoms with Gasteiger partial charge in [-0.3, -0.25) is 9.36 Å². The van der Waals surface area contributed by atoms with Gasteiger partial charge in [0.05, 0.1) is 12.9 Å². The minimum absolute atomic E-state index is 0.0957. The zero-order valence-electron chi connectivity index (χ0n) is 17.3. The van der Waals surface area contributed by atoms with Gasteiger partial charge >= 0.3 is 0 Å². The number of ether oxygens (including phenoxy) is 2. The third kappa shape index (κ3) is 6.08. The third-order valence-electron chi connectivity index (χ3n) is 4.22. The molecule has 3 aromatic rings. The molecule has 0 saturated heterocycles. The van der Waals surface area contributed by atoms with Gasteiger partial charge in [-0.1, -0.05) is 30.0 Å². The first-order valence-electron chi connectivity index (χ1n) is 9.48. The number of carbonyl (C=O) groups excluding carboxylic acids is 1. The van der Waals surface area contributed by atoms with E-state index in [0.29, 0.717) is 34.7 Å². The van der Waals surface area contributed by atoms with E-state index < -0.39 is 5.82 Å². The predicted molar refractivity (Wildman–Crippen MR) is 118 cm³/mol. The Bertz CT molecular complexity index is 1070. The number of carbonyl (C=O) groups is 1. The molecule has 1 N–H and O–H groups in total. The second-order valence-electron chi connectivity index (χ2n) is 6.59. The normalized spacial score (nSPS) is 10.5. The summed E-state index contributed by atoms with van der Waals surface area (Å²) in [7, 11) is 1.59. The smallest absolute Gasteiger partial charge is 0.234 e. The van der Waals surface area contributed by atoms with Crippen LogP contribution in [0, 0.1) is 12.7 Å². The van der Waals surface area contributed by atoms with Gasteiger partial charge in [0, 0.05) is 12.2 Å². The lowest BCUT2D eigenvalue weighted by Gasteiger charge is -2.12. The Morgan fingerprint density at radius 3 is 2.84 bits per heavy atom. The number of methoxy groups -OCH3 is 1. The third-order valence-corrected chi connectivity index (χ3v) is 5.19. The van der Waals surface area contributed by atoms with Crippen LogP contribution in [0.2, 0.25) is 0 Å². The summed E-state index contributed by atoms with van der Waals surface area (Å²) >= 11 is 1.23. The van der Waals surface area contributed by atoms with E-state index >= 15 is 0 Å². The van der Waals surface area contributed by atoms with Crippen LogP contribution >= 0.6 is 11.8 Å². The molecule has 3 rings (SSSR count). The lowest BCUT2D eigenvalue weighted by Crippen LogP contribution is -2.15. The van der Waals surface area contributed by atoms with E-state index in [1.165, 1.54) is 30.0 Å². The molecular weight excluding hydrogens is 419 g/mol. The monoisotopic (exact) mass is 442 g/mol. The Labute approximate surface area is 184 Å². The minimum atomic E-state index is -0.411. The Kier molecular flexibility index (Phi) is 7.66. The fourth-order valence-electron chi connectivity index (χ4n) is 2.77. The van der Waals surface area contributed by atoms with Gasteiger partial charge < -0.3 is 14.8 Å². The molecule has 9 heteroatoms. The van der Waals surface area contributed by atoms with E-state index in [1.807, 2.05) is 29.7 Å². The summed E-state index contributed by atoms with van der Waals surface area (Å²) in [4.78, 5) is 12.2. The number of benzene rings is 2. The number of allylic oxidation sites excluding steroid dienone is 1. The number of anilines is 1. The highest BCUT2D eigenvalue weighted by atomic mass is 32.2. The second-order valence-corrected chi connectivity index (χ2v) is 7.53. The van der Waals surface area contributed by atoms with Crippen LogP contribution in [0.1, 0.15) is 11.4 Å². The lowest BCUT2D eigenvalue weighted by atomic mass is 10.2. The zero-order chi connectivity index (χ0) is 22.2. The first kappa shape index (κ1) is 22.4. The number of nitrogens with zero attached hydrogens (tertiary/aromatic N) is 3. The Hall–Kier alpha value is -3.33. The molecule has 1 aromatic heterocycles. The molecule has 1 amide bonds. The van der Waals surface area contributed by atoms with Crippen molar-refractivity contribution in [2.45, 2.75) is 25.2 Å². The maximum atomic E-state index is 13.3. The van der Waals surface area contributed by atoms with Gasteiger partial charge in [0.1, 0.15) is 12.4 Å². The highest BCUT2D eigenvalue weighted by molar-refractivity contribution is 7.99. The van der Waals surface area contributed by atoms with Crippen molar-refractivity contribution in [2.75, 3.05) is 18.2 Å². The van der Waals surface area contributed by atoms with E-state index in [4.69, 9.17) is 9.47 Å². The van der Waals surface area contributed by atoms with Gasteiger partial charge in [0.2, 0.25) is 5.91 Å². The van der Waals surface area contributed by atoms with Gasteiger partial charge in [0.15, 0.2) is 22.5 Å². The summed E-state index contributed by atoms with van der Waals surface area (Å²) in [6, 6.07) is 11.4. The number of rotatable bonds is 10. The molecule has 1 heterocycles. The lowest BCUT2D eigenvalue weighted by molar-refractivity contribution is -0.113. The minimum Gasteiger partial charge on any atom is -0.493 e. The summed E-state index contributed by atoms with van der Waals surface area (Å²) in [5.41, 5.74) is 1.47. The quantitative estimate of drug-likeness (QED) is 0.374. The standard InChI is InChI=1S/C22H23FN4O3S/c1-4-10-27-20(13-30-18-9-8-15(2)11-19(18)29-3)25-26-22(27)31-14-21(28)24-17-7-5-6-16(23)12-17/h4-9,11-12H,1,10,13-14H2,2-3H3,(H,24,28). The van der Waals surface area contributed by atoms with E-state index in [1.54, 1.807) is 19.3 Å². The zero-order valence-corrected chi connectivity index (χ0v) is 18.1. The molecule has 0 aliphatic heterocycles. The first-order valence-corrected chi connectivity index (χ1v) is 10.5. The summed E-state index contributed by atoms with van der Waals surface area (Å²) < 4.78 is 26.3. The van der Waals surface area contributed by atoms with Crippen LogP contribution in [-0.2, 0) is 17.9 Å². The molecule has 0 bridgehead atoms. The molecule has 0 radical (unpaired) electrons. The van der Waals surface area contributed by atoms with Crippen molar-refractivity contribution < 1.29 is 18.7 Å². The molecule has 31 heavy (non-hydrogen) atoms. The second kappa shape index (κ2) is 10.6. The highest BCUT2D eigenvalue weighted by Gasteiger charge is 2.15. The SMILES string of the molecule is C=CCn1c(COc2ccc(C)cc2OC)nnc1SCC(=O)Nc1cccc(F)c1. The van der Waals surface area contributed by atoms with Crippen LogP contribution in [0.4, 0.5) is 10.1 Å². The summed E-state index contributed by atoms with van der Waals surface area (Å²) in [5.74, 6) is 1.24. The van der Waals surface area contributed by atoms with Crippen molar-refractivity contribution in [1.82, 2.24) is 14.8 Å². The fourth-order valence-corrected chi connectivity index (χ4v) is 3.54. The van der Waals surface area contributed by atoms with E-state index in [-0.39, 0.29) is 18.3 Å². The molecule has 0 spiro atoms. The van der Waals surface area contributed by atoms with E-state index in [2.05, 4.69) is 22.1 Å². The predicted octanol–water partition coefficient (Wildman–Crippen LogP) is 4.23. The summed E-state index contributed by atoms with van der Waals surface area (Å²) in [6.45, 7) is 6.38. The van der Waals surface area contributed by atoms with Crippen molar-refractivity contribution in [3.8, 4) is 11.5 Å². The van der Waals surface area contributed by atoms with Gasteiger partial charge in [-0.15, -0.1) is 16.8 Å². The van der Waals surface area contributed by atoms with Crippen LogP contribution in [0.3, 0.4) is 0 Å². The van der Waals surface area contributed by atoms with Crippen LogP contribution in [0.25, 0.3) is 0 Å². The molecule has 7 nitrogen and oxygen atoms in total. The number of amides is 1. The number of halogens is 1. The van der Waals surface area contributed by atoms with E-state index in [9.17, 15) is 9.18 Å². The molecule has 0 unspecified atom stereocenters. The van der Waals surface area contributed by atoms with Gasteiger partial charge in [-0.2, -0.15) is 0 Å². The molecule has 0 aliphatic carbocycles. The number of thioether (sulfide) groups is 1. The van der Waals surface area contributed by atoms with Crippen LogP contribution in [0.5, 0.6) is 11.5 Å². The van der Waals surface area contributed by atoms with Crippen LogP contribution in [-0.4, -0.2) is 33.5 Å². The van der Waals surface area contributed by atoms with Gasteiger partial charge in [-0.25, -0.2) is 4.39 Å². The maximum Gasteiger partial charge on any atom is 0.234 e. The van der Waals surface area contributed by atoms with Crippen molar-refractivity contribution in [1.29, 1.82) is 0 Å². The number of aryl methyl sites for hydroxylation is 1. The Balaban J connectivity index is 1.64. The van der Waals surface area contributed by atoms with Crippen LogP contribution in [0.15, 0.2) is 60.3 Å². The number of aromatic nitrogens is 3. The van der Waals surface area contributed by atoms with Gasteiger partial charge in [-0.05, 0) is 42.8 Å². The molecule has 0 aliphatic rings. The molecule has 0 fully saturated rings. The molecule has 0 saturated carbocycles. The fraction of sp³-hybridized carbons (Fsp3) is 0.227. The molecular formula is C22H23FN4O3S. The number of hydrogen-bond acceptors (Lipinski definition) is 6. The largest absolute Gasteiger partial charge is 0.493 e. The van der Waals surface area contributed by atoms with Crippen molar-refractivity contribution in [2.24, 2.45) is 0 Å². The van der Waals surface area contributed by atoms with E-state index in [0.717, 1.165) is 5.56 Å². The topological polar surface area (TPSA) is 78.3 Å². The van der Waals surface area contributed by atoms with Gasteiger partial charge in [0.25, 0.3) is 0 Å². The molecule has 162 valence electrons. The van der Waals surface area contributed by atoms with Crippen LogP contribution < -0.4 is 14.8 Å². The molecule has 0 atom stereocenters. The highest BCUT2D eigenvalue weighted by Crippen LogP contribution is 2.28. The average molecular weight is 443 g/mol. The van der Waals surface area contributed by atoms with Crippen molar-refractivity contribution in [3.63, 3.8) is 0 Å². The summed E-state index contributed by atoms with van der Waals surface area (Å²) in [5, 5.41) is 11.6. The van der Waals surface area contributed by atoms with Crippen molar-refractivity contribution in [3.05, 3.63) is 72.3 Å². The number of hydrogen-bond donors (Lipinski definition) is 1. The Morgan fingerprint density at radius 1 is 1.26 bits per heavy atom. The molecule has 2 aromatic carbocycles. The summed E-state index contributed by atoms with van der Waals surface area (Å²) in [6.07, 6.45) is 1.72. The Morgan fingerprint density at radius 2 is 2.10 bits per heavy atom. The average Bonchev–Trinajstić information content (AvgIpc) is 3.13. The van der Waals surface area contributed by atoms with Crippen molar-refractivity contribution >= 4 is 23.4 Å². The number of nitrogens with one attached hydrogen (secondary N) is 1. The maximum absolute atomic E-state index is 13.3. The first-order chi connectivity index (χ1) is 15.0.